The van der Waals surface area contributed by atoms with Crippen molar-refractivity contribution in [2.75, 3.05) is 19.6 Å². The molecule has 0 aromatic carbocycles. The third kappa shape index (κ3) is 6.62. The van der Waals surface area contributed by atoms with Crippen LogP contribution < -0.4 is 5.32 Å². The number of nitrogens with zero attached hydrogens (tertiary/aromatic N) is 2. The Morgan fingerprint density at radius 2 is 2.05 bits per heavy atom. The molecular formula is C12H21N3O4. The summed E-state index contributed by atoms with van der Waals surface area (Å²) in [7, 11) is 0. The van der Waals surface area contributed by atoms with Gasteiger partial charge in [0.25, 0.3) is 0 Å². The standard InChI is InChI=1S/C12H21N3O4/c1-9(2)7-15(6-4-5-13)11(18)14-8-12(3,19)10(16)17/h9,19H,4,6-8H2,1-3H3,(H,14,18)(H,16,17). The molecule has 0 aliphatic rings. The maximum absolute atomic E-state index is 11.9. The molecule has 0 spiro atoms. The fourth-order valence-electron chi connectivity index (χ4n) is 1.34. The number of nitriles is 1. The molecule has 0 heterocycles. The highest BCUT2D eigenvalue weighted by atomic mass is 16.4. The molecule has 0 aliphatic heterocycles. The lowest BCUT2D eigenvalue weighted by Gasteiger charge is -2.26. The Hall–Kier alpha value is -1.81. The molecule has 0 fully saturated rings. The summed E-state index contributed by atoms with van der Waals surface area (Å²) in [6.45, 7) is 5.32. The summed E-state index contributed by atoms with van der Waals surface area (Å²) in [6.07, 6.45) is 0.204. The van der Waals surface area contributed by atoms with Crippen molar-refractivity contribution in [1.82, 2.24) is 10.2 Å². The van der Waals surface area contributed by atoms with E-state index in [9.17, 15) is 14.7 Å². The molecule has 108 valence electrons. The quantitative estimate of drug-likeness (QED) is 0.620. The number of carboxylic acids is 1. The molecule has 0 bridgehead atoms. The zero-order chi connectivity index (χ0) is 15.1. The van der Waals surface area contributed by atoms with E-state index < -0.39 is 17.6 Å². The summed E-state index contributed by atoms with van der Waals surface area (Å²) in [5.74, 6) is -1.18. The Labute approximate surface area is 112 Å². The van der Waals surface area contributed by atoms with Crippen molar-refractivity contribution in [3.63, 3.8) is 0 Å². The van der Waals surface area contributed by atoms with E-state index in [1.807, 2.05) is 19.9 Å². The Morgan fingerprint density at radius 1 is 1.47 bits per heavy atom. The number of hydrogen-bond acceptors (Lipinski definition) is 4. The molecule has 0 aliphatic carbocycles. The topological polar surface area (TPSA) is 114 Å². The van der Waals surface area contributed by atoms with E-state index in [2.05, 4.69) is 5.32 Å². The van der Waals surface area contributed by atoms with Gasteiger partial charge in [-0.3, -0.25) is 0 Å². The minimum absolute atomic E-state index is 0.204. The van der Waals surface area contributed by atoms with Crippen LogP contribution in [-0.2, 0) is 4.79 Å². The van der Waals surface area contributed by atoms with E-state index in [1.165, 1.54) is 4.90 Å². The van der Waals surface area contributed by atoms with Crippen molar-refractivity contribution in [2.24, 2.45) is 5.92 Å². The van der Waals surface area contributed by atoms with Crippen LogP contribution in [0.15, 0.2) is 0 Å². The van der Waals surface area contributed by atoms with Crippen molar-refractivity contribution >= 4 is 12.0 Å². The number of nitrogens with one attached hydrogen (secondary N) is 1. The number of amides is 2. The summed E-state index contributed by atoms with van der Waals surface area (Å²) in [6, 6.07) is 1.47. The van der Waals surface area contributed by atoms with Gasteiger partial charge >= 0.3 is 12.0 Å². The summed E-state index contributed by atoms with van der Waals surface area (Å²) in [5.41, 5.74) is -2.01. The summed E-state index contributed by atoms with van der Waals surface area (Å²) in [4.78, 5) is 24.0. The van der Waals surface area contributed by atoms with Gasteiger partial charge in [0.2, 0.25) is 0 Å². The van der Waals surface area contributed by atoms with Gasteiger partial charge in [0.15, 0.2) is 5.60 Å². The minimum Gasteiger partial charge on any atom is -0.479 e. The van der Waals surface area contributed by atoms with Gasteiger partial charge in [0, 0.05) is 13.1 Å². The third-order valence-corrected chi connectivity index (χ3v) is 2.41. The number of urea groups is 1. The van der Waals surface area contributed by atoms with Gasteiger partial charge in [-0.15, -0.1) is 0 Å². The second kappa shape index (κ2) is 7.59. The number of rotatable bonds is 7. The molecule has 0 aromatic heterocycles. The molecule has 0 saturated heterocycles. The van der Waals surface area contributed by atoms with Gasteiger partial charge in [0.05, 0.1) is 19.0 Å². The van der Waals surface area contributed by atoms with E-state index in [-0.39, 0.29) is 25.4 Å². The number of hydrogen-bond donors (Lipinski definition) is 3. The van der Waals surface area contributed by atoms with Crippen molar-refractivity contribution in [1.29, 1.82) is 5.26 Å². The highest BCUT2D eigenvalue weighted by Crippen LogP contribution is 2.04. The lowest BCUT2D eigenvalue weighted by Crippen LogP contribution is -2.50. The normalized spacial score (nSPS) is 13.5. The molecule has 0 aromatic rings. The molecule has 19 heavy (non-hydrogen) atoms. The SMILES string of the molecule is CC(C)CN(CCC#N)C(=O)NCC(C)(O)C(=O)O. The second-order valence-corrected chi connectivity index (χ2v) is 4.99. The van der Waals surface area contributed by atoms with Crippen molar-refractivity contribution in [2.45, 2.75) is 32.8 Å². The maximum Gasteiger partial charge on any atom is 0.337 e. The van der Waals surface area contributed by atoms with Crippen LogP contribution in [0, 0.1) is 17.2 Å². The van der Waals surface area contributed by atoms with Crippen LogP contribution >= 0.6 is 0 Å². The average Bonchev–Trinajstić information content (AvgIpc) is 2.30. The summed E-state index contributed by atoms with van der Waals surface area (Å²) < 4.78 is 0. The lowest BCUT2D eigenvalue weighted by atomic mass is 10.1. The molecule has 0 rings (SSSR count). The predicted molar refractivity (Wildman–Crippen MR) is 68.3 cm³/mol. The van der Waals surface area contributed by atoms with Crippen molar-refractivity contribution in [3.8, 4) is 6.07 Å². The van der Waals surface area contributed by atoms with Crippen LogP contribution in [-0.4, -0.2) is 52.3 Å². The van der Waals surface area contributed by atoms with Crippen LogP contribution in [0.25, 0.3) is 0 Å². The van der Waals surface area contributed by atoms with Crippen molar-refractivity contribution < 1.29 is 19.8 Å². The Balaban J connectivity index is 4.48. The average molecular weight is 271 g/mol. The molecule has 7 heteroatoms. The number of carboxylic acid groups (broad SMARTS) is 1. The number of carbonyl (C=O) groups is 2. The smallest absolute Gasteiger partial charge is 0.337 e. The van der Waals surface area contributed by atoms with Gasteiger partial charge in [-0.1, -0.05) is 13.8 Å². The molecule has 7 nitrogen and oxygen atoms in total. The van der Waals surface area contributed by atoms with Crippen LogP contribution in [0.4, 0.5) is 4.79 Å². The monoisotopic (exact) mass is 271 g/mol. The first-order valence-corrected chi connectivity index (χ1v) is 6.06. The van der Waals surface area contributed by atoms with Gasteiger partial charge in [-0.05, 0) is 12.8 Å². The molecule has 1 unspecified atom stereocenters. The summed E-state index contributed by atoms with van der Waals surface area (Å²) in [5, 5.41) is 29.1. The highest BCUT2D eigenvalue weighted by Gasteiger charge is 2.31. The van der Waals surface area contributed by atoms with Crippen LogP contribution in [0.5, 0.6) is 0 Å². The Morgan fingerprint density at radius 3 is 2.47 bits per heavy atom. The van der Waals surface area contributed by atoms with Gasteiger partial charge in [-0.2, -0.15) is 5.26 Å². The van der Waals surface area contributed by atoms with Gasteiger partial charge in [0.1, 0.15) is 0 Å². The Bertz CT molecular complexity index is 360. The molecule has 3 N–H and O–H groups in total. The first kappa shape index (κ1) is 17.2. The van der Waals surface area contributed by atoms with E-state index in [1.54, 1.807) is 0 Å². The first-order valence-electron chi connectivity index (χ1n) is 6.06. The first-order chi connectivity index (χ1) is 8.70. The largest absolute Gasteiger partial charge is 0.479 e. The maximum atomic E-state index is 11.9. The number of aliphatic hydroxyl groups is 1. The zero-order valence-corrected chi connectivity index (χ0v) is 11.5. The second-order valence-electron chi connectivity index (χ2n) is 4.99. The Kier molecular flexibility index (Phi) is 6.86. The van der Waals surface area contributed by atoms with E-state index >= 15 is 0 Å². The molecule has 2 amide bonds. The molecular weight excluding hydrogens is 250 g/mol. The fourth-order valence-corrected chi connectivity index (χ4v) is 1.34. The third-order valence-electron chi connectivity index (χ3n) is 2.41. The number of carbonyl (C=O) groups excluding carboxylic acids is 1. The van der Waals surface area contributed by atoms with Gasteiger partial charge in [-0.25, -0.2) is 9.59 Å². The van der Waals surface area contributed by atoms with Crippen LogP contribution in [0.1, 0.15) is 27.2 Å². The molecule has 0 radical (unpaired) electrons. The summed E-state index contributed by atoms with van der Waals surface area (Å²) >= 11 is 0. The van der Waals surface area contributed by atoms with Crippen LogP contribution in [0.2, 0.25) is 0 Å². The number of aliphatic carboxylic acids is 1. The minimum atomic E-state index is -2.01. The van der Waals surface area contributed by atoms with E-state index in [0.717, 1.165) is 6.92 Å². The lowest BCUT2D eigenvalue weighted by molar-refractivity contribution is -0.155. The molecule has 1 atom stereocenters. The fraction of sp³-hybridized carbons (Fsp3) is 0.750. The van der Waals surface area contributed by atoms with E-state index in [4.69, 9.17) is 10.4 Å². The van der Waals surface area contributed by atoms with Crippen molar-refractivity contribution in [3.05, 3.63) is 0 Å². The zero-order valence-electron chi connectivity index (χ0n) is 11.5. The molecule has 0 saturated carbocycles. The van der Waals surface area contributed by atoms with Crippen LogP contribution in [0.3, 0.4) is 0 Å². The highest BCUT2D eigenvalue weighted by molar-refractivity contribution is 5.79. The predicted octanol–water partition coefficient (Wildman–Crippen LogP) is 0.403. The van der Waals surface area contributed by atoms with Gasteiger partial charge < -0.3 is 20.4 Å². The van der Waals surface area contributed by atoms with E-state index in [0.29, 0.717) is 6.54 Å².